The minimum Gasteiger partial charge on any atom is -0.481 e. The third-order valence-electron chi connectivity index (χ3n) is 4.63. The fourth-order valence-electron chi connectivity index (χ4n) is 3.29. The van der Waals surface area contributed by atoms with Gasteiger partial charge >= 0.3 is 18.0 Å². The topological polar surface area (TPSA) is 104 Å². The number of nitrogens with zero attached hydrogens (tertiary/aromatic N) is 2. The smallest absolute Gasteiger partial charge is 0.410 e. The molecule has 1 amide bonds. The number of pyridine rings is 1. The summed E-state index contributed by atoms with van der Waals surface area (Å²) >= 11 is 0. The van der Waals surface area contributed by atoms with Crippen LogP contribution in [0, 0.1) is 5.92 Å². The van der Waals surface area contributed by atoms with E-state index in [1.807, 2.05) is 0 Å². The molecule has 160 valence electrons. The summed E-state index contributed by atoms with van der Waals surface area (Å²) in [6.45, 7) is 5.39. The predicted octanol–water partition coefficient (Wildman–Crippen LogP) is 2.74. The molecule has 0 spiro atoms. The van der Waals surface area contributed by atoms with Crippen LogP contribution in [0.4, 0.5) is 4.79 Å². The molecule has 0 radical (unpaired) electrons. The van der Waals surface area contributed by atoms with Gasteiger partial charge in [-0.15, -0.1) is 0 Å². The first-order valence-corrected chi connectivity index (χ1v) is 9.31. The van der Waals surface area contributed by atoms with Gasteiger partial charge in [-0.25, -0.2) is 14.6 Å². The maximum atomic E-state index is 12.9. The fourth-order valence-corrected chi connectivity index (χ4v) is 3.29. The summed E-state index contributed by atoms with van der Waals surface area (Å²) in [6, 6.07) is 1.09. The molecule has 2 heterocycles. The zero-order valence-corrected chi connectivity index (χ0v) is 17.7. The molecule has 1 aliphatic heterocycles. The molecule has 0 saturated carbocycles. The van der Waals surface area contributed by atoms with Crippen molar-refractivity contribution in [3.05, 3.63) is 23.4 Å². The first-order valence-electron chi connectivity index (χ1n) is 9.31. The summed E-state index contributed by atoms with van der Waals surface area (Å²) in [5.41, 5.74) is 0.0299. The van der Waals surface area contributed by atoms with Crippen LogP contribution in [0.15, 0.2) is 12.3 Å². The third kappa shape index (κ3) is 5.36. The molecule has 0 aromatic carbocycles. The Labute approximate surface area is 170 Å². The summed E-state index contributed by atoms with van der Waals surface area (Å²) in [6.07, 6.45) is 1.69. The van der Waals surface area contributed by atoms with Crippen LogP contribution in [0.2, 0.25) is 0 Å². The lowest BCUT2D eigenvalue weighted by atomic mass is 9.87. The zero-order chi connectivity index (χ0) is 21.8. The Morgan fingerprint density at radius 1 is 1.10 bits per heavy atom. The van der Waals surface area contributed by atoms with Crippen molar-refractivity contribution in [3.8, 4) is 5.88 Å². The van der Waals surface area contributed by atoms with Crippen LogP contribution < -0.4 is 4.74 Å². The van der Waals surface area contributed by atoms with E-state index in [0.29, 0.717) is 24.3 Å². The van der Waals surface area contributed by atoms with Crippen LogP contribution >= 0.6 is 0 Å². The minimum atomic E-state index is -0.721. The predicted molar refractivity (Wildman–Crippen MR) is 103 cm³/mol. The molecule has 0 aliphatic carbocycles. The molecule has 0 bridgehead atoms. The van der Waals surface area contributed by atoms with Gasteiger partial charge in [-0.05, 0) is 39.2 Å². The SMILES string of the molecule is COC(=O)c1cnc(OC)cc1C1CCC(C(=O)OC)CN1C(=O)OC(C)(C)C. The van der Waals surface area contributed by atoms with Crippen LogP contribution in [0.5, 0.6) is 5.88 Å². The number of carbonyl (C=O) groups excluding carboxylic acids is 3. The number of piperidine rings is 1. The molecule has 2 unspecified atom stereocenters. The van der Waals surface area contributed by atoms with E-state index >= 15 is 0 Å². The third-order valence-corrected chi connectivity index (χ3v) is 4.63. The van der Waals surface area contributed by atoms with E-state index in [-0.39, 0.29) is 12.1 Å². The van der Waals surface area contributed by atoms with Crippen LogP contribution in [0.1, 0.15) is 55.6 Å². The van der Waals surface area contributed by atoms with Crippen molar-refractivity contribution in [1.82, 2.24) is 9.88 Å². The van der Waals surface area contributed by atoms with Crippen molar-refractivity contribution < 1.29 is 33.3 Å². The lowest BCUT2D eigenvalue weighted by molar-refractivity contribution is -0.147. The van der Waals surface area contributed by atoms with E-state index < -0.39 is 35.6 Å². The van der Waals surface area contributed by atoms with Crippen LogP contribution in [-0.2, 0) is 19.0 Å². The average molecular weight is 408 g/mol. The molecule has 9 nitrogen and oxygen atoms in total. The number of carbonyl (C=O) groups is 3. The number of methoxy groups -OCH3 is 3. The van der Waals surface area contributed by atoms with Gasteiger partial charge < -0.3 is 23.8 Å². The number of amides is 1. The summed E-state index contributed by atoms with van der Waals surface area (Å²) in [5.74, 6) is -1.15. The van der Waals surface area contributed by atoms with Crippen LogP contribution in [-0.4, -0.2) is 61.4 Å². The van der Waals surface area contributed by atoms with Gasteiger partial charge in [0.1, 0.15) is 5.60 Å². The number of hydrogen-bond donors (Lipinski definition) is 0. The Morgan fingerprint density at radius 3 is 2.34 bits per heavy atom. The van der Waals surface area contributed by atoms with E-state index in [4.69, 9.17) is 18.9 Å². The standard InChI is InChI=1S/C20H28N2O7/c1-20(2,3)29-19(25)22-11-12(17(23)27-5)7-8-15(22)13-9-16(26-4)21-10-14(13)18(24)28-6/h9-10,12,15H,7-8,11H2,1-6H3. The molecule has 2 atom stereocenters. The molecule has 1 aromatic heterocycles. The van der Waals surface area contributed by atoms with Gasteiger partial charge in [0.05, 0.1) is 38.9 Å². The second-order valence-electron chi connectivity index (χ2n) is 7.75. The first kappa shape index (κ1) is 22.4. The summed E-state index contributed by atoms with van der Waals surface area (Å²) in [5, 5.41) is 0. The normalized spacial score (nSPS) is 19.3. The van der Waals surface area contributed by atoms with E-state index in [1.54, 1.807) is 26.8 Å². The fraction of sp³-hybridized carbons (Fsp3) is 0.600. The Morgan fingerprint density at radius 2 is 1.79 bits per heavy atom. The number of aromatic nitrogens is 1. The monoisotopic (exact) mass is 408 g/mol. The molecule has 1 aromatic rings. The largest absolute Gasteiger partial charge is 0.481 e. The molecule has 29 heavy (non-hydrogen) atoms. The Balaban J connectivity index is 2.48. The number of ether oxygens (including phenoxy) is 4. The van der Waals surface area contributed by atoms with E-state index in [0.717, 1.165) is 0 Å². The van der Waals surface area contributed by atoms with Crippen LogP contribution in [0.25, 0.3) is 0 Å². The number of rotatable bonds is 4. The van der Waals surface area contributed by atoms with Crippen molar-refractivity contribution in [2.45, 2.75) is 45.3 Å². The highest BCUT2D eigenvalue weighted by Gasteiger charge is 2.39. The quantitative estimate of drug-likeness (QED) is 0.553. The Hall–Kier alpha value is -2.84. The average Bonchev–Trinajstić information content (AvgIpc) is 2.70. The highest BCUT2D eigenvalue weighted by molar-refractivity contribution is 5.91. The summed E-state index contributed by atoms with van der Waals surface area (Å²) in [4.78, 5) is 42.8. The lowest BCUT2D eigenvalue weighted by Crippen LogP contribution is -2.47. The second-order valence-corrected chi connectivity index (χ2v) is 7.75. The van der Waals surface area contributed by atoms with Crippen LogP contribution in [0.3, 0.4) is 0 Å². The Bertz CT molecular complexity index is 773. The van der Waals surface area contributed by atoms with Crippen molar-refractivity contribution in [2.24, 2.45) is 5.92 Å². The molecule has 9 heteroatoms. The van der Waals surface area contributed by atoms with Crippen molar-refractivity contribution >= 4 is 18.0 Å². The zero-order valence-electron chi connectivity index (χ0n) is 17.7. The van der Waals surface area contributed by atoms with Gasteiger partial charge in [-0.3, -0.25) is 4.79 Å². The lowest BCUT2D eigenvalue weighted by Gasteiger charge is -2.40. The molecule has 2 rings (SSSR count). The second kappa shape index (κ2) is 9.11. The van der Waals surface area contributed by atoms with Crippen molar-refractivity contribution in [1.29, 1.82) is 0 Å². The van der Waals surface area contributed by atoms with Gasteiger partial charge in [-0.1, -0.05) is 0 Å². The number of esters is 2. The maximum Gasteiger partial charge on any atom is 0.410 e. The van der Waals surface area contributed by atoms with Crippen molar-refractivity contribution in [2.75, 3.05) is 27.9 Å². The molecule has 1 fully saturated rings. The minimum absolute atomic E-state index is 0.109. The van der Waals surface area contributed by atoms with E-state index in [1.165, 1.54) is 32.4 Å². The highest BCUT2D eigenvalue weighted by atomic mass is 16.6. The Kier molecular flexibility index (Phi) is 7.05. The van der Waals surface area contributed by atoms with Crippen molar-refractivity contribution in [3.63, 3.8) is 0 Å². The molecular weight excluding hydrogens is 380 g/mol. The van der Waals surface area contributed by atoms with Gasteiger partial charge in [-0.2, -0.15) is 0 Å². The molecule has 0 N–H and O–H groups in total. The number of likely N-dealkylation sites (tertiary alicyclic amines) is 1. The molecular formula is C20H28N2O7. The molecule has 1 saturated heterocycles. The van der Waals surface area contributed by atoms with Gasteiger partial charge in [0.2, 0.25) is 5.88 Å². The maximum absolute atomic E-state index is 12.9. The first-order chi connectivity index (χ1) is 13.6. The van der Waals surface area contributed by atoms with Gasteiger partial charge in [0.15, 0.2) is 0 Å². The van der Waals surface area contributed by atoms with E-state index in [9.17, 15) is 14.4 Å². The van der Waals surface area contributed by atoms with E-state index in [2.05, 4.69) is 4.98 Å². The van der Waals surface area contributed by atoms with Gasteiger partial charge in [0, 0.05) is 18.8 Å². The van der Waals surface area contributed by atoms with Gasteiger partial charge in [0.25, 0.3) is 0 Å². The summed E-state index contributed by atoms with van der Waals surface area (Å²) < 4.78 is 20.5. The number of hydrogen-bond acceptors (Lipinski definition) is 8. The summed E-state index contributed by atoms with van der Waals surface area (Å²) in [7, 11) is 4.05. The highest BCUT2D eigenvalue weighted by Crippen LogP contribution is 2.37. The molecule has 1 aliphatic rings.